The predicted molar refractivity (Wildman–Crippen MR) is 116 cm³/mol. The molecule has 0 spiro atoms. The van der Waals surface area contributed by atoms with Gasteiger partial charge in [-0.3, -0.25) is 9.59 Å². The lowest BCUT2D eigenvalue weighted by Gasteiger charge is -2.31. The number of amides is 1. The van der Waals surface area contributed by atoms with Gasteiger partial charge in [-0.15, -0.1) is 0 Å². The second-order valence-electron chi connectivity index (χ2n) is 8.12. The van der Waals surface area contributed by atoms with Crippen molar-refractivity contribution in [1.29, 1.82) is 0 Å². The third-order valence-electron chi connectivity index (χ3n) is 5.78. The SMILES string of the molecule is CC(=O)c1cccc(S(=O)(=O)N2CCC(C(=O)NC(C)c3cccc(C(F)(F)F)c3)CC2)c1. The molecule has 1 saturated heterocycles. The Labute approximate surface area is 190 Å². The molecule has 0 bridgehead atoms. The molecule has 0 aromatic heterocycles. The molecule has 10 heteroatoms. The van der Waals surface area contributed by atoms with Gasteiger partial charge in [0, 0.05) is 24.6 Å². The van der Waals surface area contributed by atoms with Crippen LogP contribution in [0.4, 0.5) is 13.2 Å². The molecular formula is C23H25F3N2O4S. The van der Waals surface area contributed by atoms with Crippen molar-refractivity contribution in [3.63, 3.8) is 0 Å². The average Bonchev–Trinajstić information content (AvgIpc) is 2.78. The summed E-state index contributed by atoms with van der Waals surface area (Å²) in [5.41, 5.74) is -0.147. The van der Waals surface area contributed by atoms with E-state index in [1.165, 1.54) is 41.6 Å². The minimum absolute atomic E-state index is 0.0243. The number of nitrogens with one attached hydrogen (secondary N) is 1. The average molecular weight is 483 g/mol. The third-order valence-corrected chi connectivity index (χ3v) is 7.67. The van der Waals surface area contributed by atoms with Gasteiger partial charge in [0.25, 0.3) is 0 Å². The molecule has 6 nitrogen and oxygen atoms in total. The molecule has 1 heterocycles. The molecule has 1 aliphatic heterocycles. The zero-order valence-electron chi connectivity index (χ0n) is 18.2. The maximum Gasteiger partial charge on any atom is 0.416 e. The van der Waals surface area contributed by atoms with Gasteiger partial charge in [0.15, 0.2) is 5.78 Å². The Balaban J connectivity index is 1.62. The molecule has 1 N–H and O–H groups in total. The molecular weight excluding hydrogens is 457 g/mol. The monoisotopic (exact) mass is 482 g/mol. The molecule has 1 fully saturated rings. The quantitative estimate of drug-likeness (QED) is 0.626. The number of rotatable bonds is 6. The minimum Gasteiger partial charge on any atom is -0.349 e. The van der Waals surface area contributed by atoms with Crippen LogP contribution in [-0.4, -0.2) is 37.5 Å². The second-order valence-corrected chi connectivity index (χ2v) is 10.1. The number of sulfonamides is 1. The van der Waals surface area contributed by atoms with Crippen molar-refractivity contribution in [3.05, 3.63) is 65.2 Å². The highest BCUT2D eigenvalue weighted by Gasteiger charge is 2.33. The van der Waals surface area contributed by atoms with Gasteiger partial charge < -0.3 is 5.32 Å². The van der Waals surface area contributed by atoms with Crippen molar-refractivity contribution in [2.24, 2.45) is 5.92 Å². The number of carbonyl (C=O) groups is 2. The van der Waals surface area contributed by atoms with Gasteiger partial charge in [0.05, 0.1) is 16.5 Å². The molecule has 33 heavy (non-hydrogen) atoms. The summed E-state index contributed by atoms with van der Waals surface area (Å²) < 4.78 is 66.0. The molecule has 0 saturated carbocycles. The van der Waals surface area contributed by atoms with Crippen LogP contribution in [0.3, 0.4) is 0 Å². The van der Waals surface area contributed by atoms with Gasteiger partial charge in [-0.25, -0.2) is 8.42 Å². The van der Waals surface area contributed by atoms with E-state index in [1.54, 1.807) is 13.0 Å². The number of halogens is 3. The highest BCUT2D eigenvalue weighted by molar-refractivity contribution is 7.89. The van der Waals surface area contributed by atoms with E-state index in [2.05, 4.69) is 5.32 Å². The van der Waals surface area contributed by atoms with Crippen molar-refractivity contribution >= 4 is 21.7 Å². The summed E-state index contributed by atoms with van der Waals surface area (Å²) in [4.78, 5) is 24.3. The van der Waals surface area contributed by atoms with Crippen LogP contribution in [0.25, 0.3) is 0 Å². The van der Waals surface area contributed by atoms with Gasteiger partial charge >= 0.3 is 6.18 Å². The Morgan fingerprint density at radius 2 is 1.70 bits per heavy atom. The molecule has 1 atom stereocenters. The Morgan fingerprint density at radius 3 is 2.30 bits per heavy atom. The summed E-state index contributed by atoms with van der Waals surface area (Å²) in [5, 5.41) is 2.74. The van der Waals surface area contributed by atoms with Crippen LogP contribution in [0, 0.1) is 5.92 Å². The Kier molecular flexibility index (Phi) is 7.28. The summed E-state index contributed by atoms with van der Waals surface area (Å²) in [6.07, 6.45) is -3.90. The third kappa shape index (κ3) is 5.80. The van der Waals surface area contributed by atoms with Crippen LogP contribution >= 0.6 is 0 Å². The molecule has 3 rings (SSSR count). The van der Waals surface area contributed by atoms with E-state index in [4.69, 9.17) is 0 Å². The number of Topliss-reactive ketones (excluding diaryl/α,β-unsaturated/α-hetero) is 1. The summed E-state index contributed by atoms with van der Waals surface area (Å²) in [6, 6.07) is 9.99. The van der Waals surface area contributed by atoms with Gasteiger partial charge in [-0.2, -0.15) is 17.5 Å². The fourth-order valence-electron chi connectivity index (χ4n) is 3.78. The fraction of sp³-hybridized carbons (Fsp3) is 0.391. The number of carbonyl (C=O) groups excluding carboxylic acids is 2. The van der Waals surface area contributed by atoms with Crippen molar-refractivity contribution in [2.75, 3.05) is 13.1 Å². The van der Waals surface area contributed by atoms with Gasteiger partial charge in [-0.05, 0) is 56.5 Å². The standard InChI is InChI=1S/C23H25F3N2O4S/c1-15(18-5-3-7-20(13-18)23(24,25)26)27-22(30)17-9-11-28(12-10-17)33(31,32)21-8-4-6-19(14-21)16(2)29/h3-8,13-15,17H,9-12H2,1-2H3,(H,27,30). The maximum absolute atomic E-state index is 12.9. The van der Waals surface area contributed by atoms with Gasteiger partial charge in [-0.1, -0.05) is 24.3 Å². The molecule has 0 radical (unpaired) electrons. The maximum atomic E-state index is 12.9. The number of hydrogen-bond acceptors (Lipinski definition) is 4. The first-order valence-electron chi connectivity index (χ1n) is 10.5. The summed E-state index contributed by atoms with van der Waals surface area (Å²) in [5.74, 6) is -1.01. The molecule has 1 amide bonds. The lowest BCUT2D eigenvalue weighted by molar-refractivity contribution is -0.137. The smallest absolute Gasteiger partial charge is 0.349 e. The lowest BCUT2D eigenvalue weighted by Crippen LogP contribution is -2.43. The van der Waals surface area contributed by atoms with Crippen LogP contribution in [0.1, 0.15) is 54.2 Å². The van der Waals surface area contributed by atoms with Crippen molar-refractivity contribution in [2.45, 2.75) is 43.8 Å². The summed E-state index contributed by atoms with van der Waals surface area (Å²) in [6.45, 7) is 3.22. The number of benzene rings is 2. The van der Waals surface area contributed by atoms with E-state index in [1.807, 2.05) is 0 Å². The van der Waals surface area contributed by atoms with Gasteiger partial charge in [0.2, 0.25) is 15.9 Å². The van der Waals surface area contributed by atoms with Crippen LogP contribution < -0.4 is 5.32 Å². The van der Waals surface area contributed by atoms with E-state index >= 15 is 0 Å². The van der Waals surface area contributed by atoms with Crippen molar-refractivity contribution in [3.8, 4) is 0 Å². The van der Waals surface area contributed by atoms with E-state index in [0.29, 0.717) is 11.1 Å². The molecule has 0 aliphatic carbocycles. The Bertz CT molecular complexity index is 1140. The summed E-state index contributed by atoms with van der Waals surface area (Å²) >= 11 is 0. The fourth-order valence-corrected chi connectivity index (χ4v) is 5.30. The van der Waals surface area contributed by atoms with Crippen LogP contribution in [-0.2, 0) is 21.0 Å². The molecule has 2 aromatic rings. The van der Waals surface area contributed by atoms with E-state index in [9.17, 15) is 31.2 Å². The van der Waals surface area contributed by atoms with Crippen LogP contribution in [0.2, 0.25) is 0 Å². The topological polar surface area (TPSA) is 83.6 Å². The molecule has 2 aromatic carbocycles. The van der Waals surface area contributed by atoms with E-state index in [-0.39, 0.29) is 42.5 Å². The Morgan fingerprint density at radius 1 is 1.06 bits per heavy atom. The van der Waals surface area contributed by atoms with E-state index in [0.717, 1.165) is 12.1 Å². The second kappa shape index (κ2) is 9.64. The zero-order chi connectivity index (χ0) is 24.4. The number of nitrogens with zero attached hydrogens (tertiary/aromatic N) is 1. The normalized spacial score (nSPS) is 16.9. The van der Waals surface area contributed by atoms with Gasteiger partial charge in [0.1, 0.15) is 0 Å². The highest BCUT2D eigenvalue weighted by atomic mass is 32.2. The van der Waals surface area contributed by atoms with E-state index < -0.39 is 33.7 Å². The first-order chi connectivity index (χ1) is 15.4. The molecule has 1 aliphatic rings. The molecule has 178 valence electrons. The van der Waals surface area contributed by atoms with Crippen LogP contribution in [0.5, 0.6) is 0 Å². The number of piperidine rings is 1. The highest BCUT2D eigenvalue weighted by Crippen LogP contribution is 2.31. The Hall–Kier alpha value is -2.72. The lowest BCUT2D eigenvalue weighted by atomic mass is 9.96. The number of ketones is 1. The first kappa shape index (κ1) is 24.9. The van der Waals surface area contributed by atoms with Crippen LogP contribution in [0.15, 0.2) is 53.4 Å². The number of alkyl halides is 3. The first-order valence-corrected chi connectivity index (χ1v) is 11.9. The predicted octanol–water partition coefficient (Wildman–Crippen LogP) is 4.19. The largest absolute Gasteiger partial charge is 0.416 e. The molecule has 1 unspecified atom stereocenters. The van der Waals surface area contributed by atoms with Crippen molar-refractivity contribution in [1.82, 2.24) is 9.62 Å². The summed E-state index contributed by atoms with van der Waals surface area (Å²) in [7, 11) is -3.81. The zero-order valence-corrected chi connectivity index (χ0v) is 19.0. The van der Waals surface area contributed by atoms with Crippen molar-refractivity contribution < 1.29 is 31.2 Å². The number of hydrogen-bond donors (Lipinski definition) is 1. The minimum atomic E-state index is -4.47.